The smallest absolute Gasteiger partial charge is 0.259 e. The zero-order valence-corrected chi connectivity index (χ0v) is 16.4. The molecule has 1 aliphatic rings. The van der Waals surface area contributed by atoms with Gasteiger partial charge in [0.1, 0.15) is 16.5 Å². The molecule has 7 heteroatoms. The lowest BCUT2D eigenvalue weighted by molar-refractivity contribution is -0.0442. The van der Waals surface area contributed by atoms with Crippen LogP contribution in [0.25, 0.3) is 10.2 Å². The average molecular weight is 387 g/mol. The Balaban J connectivity index is 1.60. The van der Waals surface area contributed by atoms with Crippen LogP contribution >= 0.6 is 11.3 Å². The summed E-state index contributed by atoms with van der Waals surface area (Å²) < 4.78 is 19.1. The van der Waals surface area contributed by atoms with Crippen LogP contribution in [0.2, 0.25) is 0 Å². The second kappa shape index (κ2) is 7.14. The highest BCUT2D eigenvalue weighted by molar-refractivity contribution is 7.18. The number of aryl methyl sites for hydroxylation is 2. The molecule has 2 aromatic heterocycles. The number of nitrogens with zero attached hydrogens (tertiary/aromatic N) is 2. The van der Waals surface area contributed by atoms with Gasteiger partial charge >= 0.3 is 0 Å². The molecule has 1 aromatic carbocycles. The predicted molar refractivity (Wildman–Crippen MR) is 105 cm³/mol. The van der Waals surface area contributed by atoms with Crippen molar-refractivity contribution in [3.05, 3.63) is 62.3 Å². The molecule has 4 rings (SSSR count). The summed E-state index contributed by atoms with van der Waals surface area (Å²) in [5.74, 6) is 0.421. The molecule has 0 aliphatic carbocycles. The van der Waals surface area contributed by atoms with Crippen molar-refractivity contribution < 1.29 is 9.13 Å². The SMILES string of the molecule is Cc1sc2nc(C(C)N3CCOC(c4ccc(F)cc4)C3)[nH]c(=O)c2c1C. The number of ether oxygens (including phenoxy) is 1. The number of hydrogen-bond acceptors (Lipinski definition) is 5. The van der Waals surface area contributed by atoms with E-state index in [4.69, 9.17) is 9.72 Å². The number of fused-ring (bicyclic) bond motifs is 1. The van der Waals surface area contributed by atoms with Crippen LogP contribution in [0.3, 0.4) is 0 Å². The first-order valence-electron chi connectivity index (χ1n) is 9.05. The fourth-order valence-electron chi connectivity index (χ4n) is 3.54. The van der Waals surface area contributed by atoms with Crippen molar-refractivity contribution in [2.24, 2.45) is 0 Å². The van der Waals surface area contributed by atoms with E-state index < -0.39 is 0 Å². The van der Waals surface area contributed by atoms with Gasteiger partial charge in [0, 0.05) is 18.0 Å². The molecular formula is C20H22FN3O2S. The highest BCUT2D eigenvalue weighted by Gasteiger charge is 2.27. The number of hydrogen-bond donors (Lipinski definition) is 1. The molecule has 0 spiro atoms. The van der Waals surface area contributed by atoms with Gasteiger partial charge in [-0.1, -0.05) is 12.1 Å². The Kier molecular flexibility index (Phi) is 4.84. The Morgan fingerprint density at radius 1 is 1.33 bits per heavy atom. The number of nitrogens with one attached hydrogen (secondary N) is 1. The third-order valence-electron chi connectivity index (χ3n) is 5.34. The summed E-state index contributed by atoms with van der Waals surface area (Å²) in [4.78, 5) is 24.4. The van der Waals surface area contributed by atoms with E-state index in [1.54, 1.807) is 23.5 Å². The van der Waals surface area contributed by atoms with Crippen LogP contribution in [0.5, 0.6) is 0 Å². The molecular weight excluding hydrogens is 365 g/mol. The molecule has 2 unspecified atom stereocenters. The molecule has 1 saturated heterocycles. The van der Waals surface area contributed by atoms with Crippen LogP contribution in [0, 0.1) is 19.7 Å². The lowest BCUT2D eigenvalue weighted by Crippen LogP contribution is -2.40. The Morgan fingerprint density at radius 2 is 2.07 bits per heavy atom. The van der Waals surface area contributed by atoms with Crippen molar-refractivity contribution in [3.8, 4) is 0 Å². The second-order valence-corrected chi connectivity index (χ2v) is 8.20. The molecule has 27 heavy (non-hydrogen) atoms. The van der Waals surface area contributed by atoms with Crippen LogP contribution in [0.15, 0.2) is 29.1 Å². The Morgan fingerprint density at radius 3 is 2.81 bits per heavy atom. The summed E-state index contributed by atoms with van der Waals surface area (Å²) in [5.41, 5.74) is 1.88. The first-order chi connectivity index (χ1) is 12.9. The highest BCUT2D eigenvalue weighted by atomic mass is 32.1. The maximum Gasteiger partial charge on any atom is 0.259 e. The van der Waals surface area contributed by atoms with E-state index in [1.807, 2.05) is 20.8 Å². The first-order valence-corrected chi connectivity index (χ1v) is 9.86. The van der Waals surface area contributed by atoms with Crippen LogP contribution in [0.4, 0.5) is 4.39 Å². The van der Waals surface area contributed by atoms with Gasteiger partial charge in [-0.3, -0.25) is 9.69 Å². The summed E-state index contributed by atoms with van der Waals surface area (Å²) in [7, 11) is 0. The van der Waals surface area contributed by atoms with Crippen LogP contribution in [-0.2, 0) is 4.74 Å². The standard InChI is InChI=1S/C20H22FN3O2S/c1-11-13(3)27-20-17(11)19(25)22-18(23-20)12(2)24-8-9-26-16(10-24)14-4-6-15(21)7-5-14/h4-7,12,16H,8-10H2,1-3H3,(H,22,23,25). The minimum atomic E-state index is -0.253. The molecule has 2 atom stereocenters. The average Bonchev–Trinajstić information content (AvgIpc) is 2.96. The van der Waals surface area contributed by atoms with Crippen molar-refractivity contribution >= 4 is 21.6 Å². The van der Waals surface area contributed by atoms with E-state index in [-0.39, 0.29) is 23.5 Å². The molecule has 3 aromatic rings. The number of aromatic nitrogens is 2. The van der Waals surface area contributed by atoms with E-state index in [2.05, 4.69) is 9.88 Å². The molecule has 5 nitrogen and oxygen atoms in total. The number of H-pyrrole nitrogens is 1. The molecule has 0 amide bonds. The maximum atomic E-state index is 13.2. The summed E-state index contributed by atoms with van der Waals surface area (Å²) in [6, 6.07) is 6.39. The van der Waals surface area contributed by atoms with Gasteiger partial charge in [0.25, 0.3) is 5.56 Å². The maximum absolute atomic E-state index is 13.2. The molecule has 3 heterocycles. The number of morpholine rings is 1. The number of benzene rings is 1. The van der Waals surface area contributed by atoms with Crippen molar-refractivity contribution in [1.29, 1.82) is 0 Å². The minimum absolute atomic E-state index is 0.0448. The van der Waals surface area contributed by atoms with Gasteiger partial charge in [-0.05, 0) is 44.0 Å². The summed E-state index contributed by atoms with van der Waals surface area (Å²) in [6.45, 7) is 8.02. The first kappa shape index (κ1) is 18.3. The molecule has 1 fully saturated rings. The third-order valence-corrected chi connectivity index (χ3v) is 6.44. The molecule has 0 radical (unpaired) electrons. The Bertz CT molecular complexity index is 1030. The fraction of sp³-hybridized carbons (Fsp3) is 0.400. The van der Waals surface area contributed by atoms with E-state index in [1.165, 1.54) is 12.1 Å². The zero-order valence-electron chi connectivity index (χ0n) is 15.6. The summed E-state index contributed by atoms with van der Waals surface area (Å²) in [5, 5.41) is 0.694. The van der Waals surface area contributed by atoms with Gasteiger partial charge in [0.15, 0.2) is 0 Å². The quantitative estimate of drug-likeness (QED) is 0.741. The molecule has 1 aliphatic heterocycles. The molecule has 142 valence electrons. The number of rotatable bonds is 3. The normalized spacial score (nSPS) is 19.5. The number of thiophene rings is 1. The lowest BCUT2D eigenvalue weighted by atomic mass is 10.1. The second-order valence-electron chi connectivity index (χ2n) is 7.00. The van der Waals surface area contributed by atoms with E-state index in [0.717, 1.165) is 27.4 Å². The van der Waals surface area contributed by atoms with E-state index >= 15 is 0 Å². The zero-order chi connectivity index (χ0) is 19.1. The van der Waals surface area contributed by atoms with Crippen molar-refractivity contribution in [2.75, 3.05) is 19.7 Å². The highest BCUT2D eigenvalue weighted by Crippen LogP contribution is 2.30. The monoisotopic (exact) mass is 387 g/mol. The minimum Gasteiger partial charge on any atom is -0.371 e. The topological polar surface area (TPSA) is 58.2 Å². The van der Waals surface area contributed by atoms with Crippen LogP contribution in [0.1, 0.15) is 40.9 Å². The fourth-order valence-corrected chi connectivity index (χ4v) is 4.58. The third kappa shape index (κ3) is 3.42. The molecule has 0 bridgehead atoms. The van der Waals surface area contributed by atoms with Crippen LogP contribution < -0.4 is 5.56 Å². The largest absolute Gasteiger partial charge is 0.371 e. The van der Waals surface area contributed by atoms with Crippen molar-refractivity contribution in [2.45, 2.75) is 32.9 Å². The lowest BCUT2D eigenvalue weighted by Gasteiger charge is -2.36. The van der Waals surface area contributed by atoms with Gasteiger partial charge in [-0.2, -0.15) is 0 Å². The van der Waals surface area contributed by atoms with Gasteiger partial charge in [0.2, 0.25) is 0 Å². The molecule has 0 saturated carbocycles. The predicted octanol–water partition coefficient (Wildman–Crippen LogP) is 3.88. The van der Waals surface area contributed by atoms with E-state index in [0.29, 0.717) is 24.4 Å². The van der Waals surface area contributed by atoms with Gasteiger partial charge in [0.05, 0.1) is 24.1 Å². The Labute approximate surface area is 160 Å². The van der Waals surface area contributed by atoms with E-state index in [9.17, 15) is 9.18 Å². The number of halogens is 1. The van der Waals surface area contributed by atoms with Crippen LogP contribution in [-0.4, -0.2) is 34.6 Å². The number of aromatic amines is 1. The molecule has 1 N–H and O–H groups in total. The van der Waals surface area contributed by atoms with Gasteiger partial charge < -0.3 is 9.72 Å². The summed E-state index contributed by atoms with van der Waals surface area (Å²) >= 11 is 1.56. The summed E-state index contributed by atoms with van der Waals surface area (Å²) in [6.07, 6.45) is -0.122. The van der Waals surface area contributed by atoms with Gasteiger partial charge in [-0.15, -0.1) is 11.3 Å². The van der Waals surface area contributed by atoms with Crippen molar-refractivity contribution in [3.63, 3.8) is 0 Å². The van der Waals surface area contributed by atoms with Gasteiger partial charge in [-0.25, -0.2) is 9.37 Å². The van der Waals surface area contributed by atoms with Crippen molar-refractivity contribution in [1.82, 2.24) is 14.9 Å². The Hall–Kier alpha value is -2.09.